The van der Waals surface area contributed by atoms with Crippen LogP contribution in [0.1, 0.15) is 26.3 Å². The summed E-state index contributed by atoms with van der Waals surface area (Å²) in [6.07, 6.45) is 3.39. The first kappa shape index (κ1) is 22.5. The number of fused-ring (bicyclic) bond motifs is 1. The average molecular weight is 452 g/mol. The molecule has 10 nitrogen and oxygen atoms in total. The Morgan fingerprint density at radius 1 is 1.15 bits per heavy atom. The van der Waals surface area contributed by atoms with E-state index in [1.165, 1.54) is 0 Å². The van der Waals surface area contributed by atoms with Crippen LogP contribution in [-0.4, -0.2) is 63.4 Å². The van der Waals surface area contributed by atoms with Gasteiger partial charge in [0.15, 0.2) is 5.65 Å². The molecule has 0 radical (unpaired) electrons. The Balaban J connectivity index is 1.55. The van der Waals surface area contributed by atoms with E-state index in [4.69, 9.17) is 4.74 Å². The molecule has 2 aromatic heterocycles. The molecule has 0 saturated carbocycles. The molecule has 1 aromatic carbocycles. The van der Waals surface area contributed by atoms with E-state index >= 15 is 0 Å². The van der Waals surface area contributed by atoms with Crippen molar-refractivity contribution >= 4 is 29.1 Å². The Morgan fingerprint density at radius 2 is 1.91 bits per heavy atom. The lowest BCUT2D eigenvalue weighted by molar-refractivity contribution is -0.110. The number of amides is 4. The van der Waals surface area contributed by atoms with E-state index in [1.807, 2.05) is 45.9 Å². The van der Waals surface area contributed by atoms with Crippen molar-refractivity contribution in [2.45, 2.75) is 39.4 Å². The van der Waals surface area contributed by atoms with Crippen LogP contribution in [0.15, 0.2) is 36.7 Å². The molecule has 0 spiro atoms. The Kier molecular flexibility index (Phi) is 5.94. The molecule has 1 fully saturated rings. The minimum atomic E-state index is -0.349. The lowest BCUT2D eigenvalue weighted by atomic mass is 10.0. The zero-order valence-electron chi connectivity index (χ0n) is 19.5. The van der Waals surface area contributed by atoms with Gasteiger partial charge < -0.3 is 25.6 Å². The normalized spacial score (nSPS) is 14.2. The summed E-state index contributed by atoms with van der Waals surface area (Å²) in [6.45, 7) is 9.09. The molecule has 0 atom stereocenters. The summed E-state index contributed by atoms with van der Waals surface area (Å²) >= 11 is 0. The molecule has 3 heterocycles. The Labute approximate surface area is 192 Å². The highest BCUT2D eigenvalue weighted by Crippen LogP contribution is 2.30. The molecule has 0 aliphatic carbocycles. The Morgan fingerprint density at radius 3 is 2.61 bits per heavy atom. The lowest BCUT2D eigenvalue weighted by Gasteiger charge is -2.41. The first-order chi connectivity index (χ1) is 15.6. The molecule has 174 valence electrons. The molecule has 1 aliphatic rings. The second-order valence-electron chi connectivity index (χ2n) is 9.01. The number of nitrogens with one attached hydrogen (secondary N) is 3. The van der Waals surface area contributed by atoms with E-state index in [0.717, 1.165) is 11.1 Å². The molecule has 0 unspecified atom stereocenters. The van der Waals surface area contributed by atoms with E-state index in [0.29, 0.717) is 35.8 Å². The van der Waals surface area contributed by atoms with Crippen molar-refractivity contribution in [3.63, 3.8) is 0 Å². The third-order valence-electron chi connectivity index (χ3n) is 5.34. The highest BCUT2D eigenvalue weighted by Gasteiger charge is 2.34. The maximum absolute atomic E-state index is 12.7. The summed E-state index contributed by atoms with van der Waals surface area (Å²) in [5.74, 6) is 0. The second-order valence-corrected chi connectivity index (χ2v) is 9.01. The van der Waals surface area contributed by atoms with Gasteiger partial charge in [-0.2, -0.15) is 5.10 Å². The largest absolute Gasteiger partial charge is 0.369 e. The number of likely N-dealkylation sites (tertiary alicyclic amines) is 1. The van der Waals surface area contributed by atoms with Crippen molar-refractivity contribution in [2.75, 3.05) is 30.8 Å². The zero-order valence-corrected chi connectivity index (χ0v) is 19.5. The van der Waals surface area contributed by atoms with Crippen LogP contribution in [0.3, 0.4) is 0 Å². The topological polar surface area (TPSA) is 113 Å². The van der Waals surface area contributed by atoms with Crippen LogP contribution in [0.2, 0.25) is 0 Å². The summed E-state index contributed by atoms with van der Waals surface area (Å²) in [7, 11) is 1.55. The van der Waals surface area contributed by atoms with Gasteiger partial charge >= 0.3 is 12.1 Å². The fraction of sp³-hybridized carbons (Fsp3) is 0.391. The summed E-state index contributed by atoms with van der Waals surface area (Å²) in [6, 6.07) is 6.91. The number of nitrogens with zero attached hydrogens (tertiary/aromatic N) is 4. The number of urea groups is 2. The third kappa shape index (κ3) is 4.90. The van der Waals surface area contributed by atoms with E-state index in [2.05, 4.69) is 26.0 Å². The Bertz CT molecular complexity index is 1190. The van der Waals surface area contributed by atoms with Gasteiger partial charge in [0.1, 0.15) is 0 Å². The van der Waals surface area contributed by atoms with Gasteiger partial charge in [-0.3, -0.25) is 0 Å². The first-order valence-electron chi connectivity index (χ1n) is 10.8. The molecule has 0 bridgehead atoms. The number of imidazole rings is 1. The van der Waals surface area contributed by atoms with Crippen molar-refractivity contribution in [3.8, 4) is 11.3 Å². The average Bonchev–Trinajstić information content (AvgIpc) is 3.20. The van der Waals surface area contributed by atoms with Crippen LogP contribution in [0.5, 0.6) is 0 Å². The van der Waals surface area contributed by atoms with Crippen LogP contribution in [0.4, 0.5) is 21.0 Å². The molecule has 4 rings (SSSR count). The standard InChI is InChI=1S/C23H29N7O3/c1-14-16(18-11-19(26-21(31)24-5)20-25-9-10-30(20)28-18)7-6-8-17(14)27-22(32)29-12-15(13-29)33-23(2,3)4/h6-11,15H,12-13H2,1-5H3,(H,27,32)(H2,24,26,31). The molecular formula is C23H29N7O3. The number of anilines is 2. The van der Waals surface area contributed by atoms with Gasteiger partial charge in [-0.05, 0) is 45.4 Å². The highest BCUT2D eigenvalue weighted by atomic mass is 16.5. The number of hydrogen-bond donors (Lipinski definition) is 3. The minimum absolute atomic E-state index is 0.0560. The van der Waals surface area contributed by atoms with Crippen LogP contribution < -0.4 is 16.0 Å². The summed E-state index contributed by atoms with van der Waals surface area (Å²) in [5, 5.41) is 13.0. The van der Waals surface area contributed by atoms with E-state index in [1.54, 1.807) is 34.9 Å². The molecular weight excluding hydrogens is 422 g/mol. The minimum Gasteiger partial charge on any atom is -0.369 e. The molecule has 4 amide bonds. The van der Waals surface area contributed by atoms with Crippen molar-refractivity contribution < 1.29 is 14.3 Å². The van der Waals surface area contributed by atoms with Gasteiger partial charge in [-0.15, -0.1) is 0 Å². The Hall–Kier alpha value is -3.66. The summed E-state index contributed by atoms with van der Waals surface area (Å²) < 4.78 is 7.52. The first-order valence-corrected chi connectivity index (χ1v) is 10.8. The fourth-order valence-electron chi connectivity index (χ4n) is 3.75. The van der Waals surface area contributed by atoms with Gasteiger partial charge in [0, 0.05) is 30.7 Å². The number of carbonyl (C=O) groups is 2. The second kappa shape index (κ2) is 8.70. The monoisotopic (exact) mass is 451 g/mol. The van der Waals surface area contributed by atoms with Crippen LogP contribution in [0.25, 0.3) is 16.9 Å². The summed E-state index contributed by atoms with van der Waals surface area (Å²) in [4.78, 5) is 30.6. The number of hydrogen-bond acceptors (Lipinski definition) is 5. The SMILES string of the molecule is CNC(=O)Nc1cc(-c2cccc(NC(=O)N3CC(OC(C)(C)C)C3)c2C)nn2ccnc12. The van der Waals surface area contributed by atoms with Gasteiger partial charge in [-0.1, -0.05) is 12.1 Å². The van der Waals surface area contributed by atoms with Gasteiger partial charge in [-0.25, -0.2) is 19.1 Å². The molecule has 1 aliphatic heterocycles. The maximum atomic E-state index is 12.7. The van der Waals surface area contributed by atoms with Crippen LogP contribution in [0, 0.1) is 6.92 Å². The zero-order chi connectivity index (χ0) is 23.8. The van der Waals surface area contributed by atoms with Gasteiger partial charge in [0.2, 0.25) is 0 Å². The maximum Gasteiger partial charge on any atom is 0.322 e. The summed E-state index contributed by atoms with van der Waals surface area (Å²) in [5.41, 5.74) is 3.88. The van der Waals surface area contributed by atoms with Gasteiger partial charge in [0.05, 0.1) is 36.2 Å². The van der Waals surface area contributed by atoms with E-state index < -0.39 is 0 Å². The third-order valence-corrected chi connectivity index (χ3v) is 5.34. The van der Waals surface area contributed by atoms with Gasteiger partial charge in [0.25, 0.3) is 0 Å². The fourth-order valence-corrected chi connectivity index (χ4v) is 3.75. The van der Waals surface area contributed by atoms with Crippen LogP contribution in [-0.2, 0) is 4.74 Å². The smallest absolute Gasteiger partial charge is 0.322 e. The molecule has 3 N–H and O–H groups in total. The van der Waals surface area contributed by atoms with Crippen molar-refractivity contribution in [2.24, 2.45) is 0 Å². The molecule has 33 heavy (non-hydrogen) atoms. The molecule has 10 heteroatoms. The van der Waals surface area contributed by atoms with E-state index in [9.17, 15) is 9.59 Å². The quantitative estimate of drug-likeness (QED) is 0.562. The highest BCUT2D eigenvalue weighted by molar-refractivity contribution is 5.95. The predicted molar refractivity (Wildman–Crippen MR) is 126 cm³/mol. The number of ether oxygens (including phenoxy) is 1. The van der Waals surface area contributed by atoms with Crippen molar-refractivity contribution in [1.29, 1.82) is 0 Å². The molecule has 3 aromatic rings. The predicted octanol–water partition coefficient (Wildman–Crippen LogP) is 3.49. The molecule has 1 saturated heterocycles. The lowest BCUT2D eigenvalue weighted by Crippen LogP contribution is -2.57. The number of aromatic nitrogens is 3. The van der Waals surface area contributed by atoms with Crippen molar-refractivity contribution in [1.82, 2.24) is 24.8 Å². The van der Waals surface area contributed by atoms with Crippen LogP contribution >= 0.6 is 0 Å². The number of carbonyl (C=O) groups excluding carboxylic acids is 2. The number of benzene rings is 1. The van der Waals surface area contributed by atoms with Crippen molar-refractivity contribution in [3.05, 3.63) is 42.2 Å². The van der Waals surface area contributed by atoms with E-state index in [-0.39, 0.29) is 23.8 Å². The number of rotatable bonds is 4.